The Morgan fingerprint density at radius 1 is 1.08 bits per heavy atom. The first kappa shape index (κ1) is 19.0. The molecule has 0 fully saturated rings. The highest BCUT2D eigenvalue weighted by Gasteiger charge is 2.20. The maximum Gasteiger partial charge on any atom is 0.191 e. The van der Waals surface area contributed by atoms with E-state index in [2.05, 4.69) is 65.6 Å². The van der Waals surface area contributed by atoms with Gasteiger partial charge in [-0.2, -0.15) is 0 Å². The first-order valence-corrected chi connectivity index (χ1v) is 8.91. The summed E-state index contributed by atoms with van der Waals surface area (Å²) < 4.78 is 0. The molecule has 0 spiro atoms. The van der Waals surface area contributed by atoms with Crippen molar-refractivity contribution >= 4 is 5.96 Å². The van der Waals surface area contributed by atoms with Crippen LogP contribution >= 0.6 is 0 Å². The third-order valence-corrected chi connectivity index (χ3v) is 4.45. The second-order valence-electron chi connectivity index (χ2n) is 6.98. The summed E-state index contributed by atoms with van der Waals surface area (Å²) in [5, 5.41) is 6.76. The molecule has 0 aliphatic heterocycles. The predicted molar refractivity (Wildman–Crippen MR) is 106 cm³/mol. The van der Waals surface area contributed by atoms with Crippen molar-refractivity contribution < 1.29 is 0 Å². The Morgan fingerprint density at radius 3 is 2.40 bits per heavy atom. The molecule has 0 aliphatic carbocycles. The standard InChI is InChI=1S/C21H30N4/c1-6-17-10-12-18(13-11-17)21(3,4)15-24-20(22-5)23-14-19-9-7-8-16(2)25-19/h7-13H,6,14-15H2,1-5H3,(H2,22,23,24). The van der Waals surface area contributed by atoms with Gasteiger partial charge in [0.1, 0.15) is 0 Å². The van der Waals surface area contributed by atoms with Crippen LogP contribution in [0.5, 0.6) is 0 Å². The minimum atomic E-state index is 0.0193. The smallest absolute Gasteiger partial charge is 0.191 e. The number of guanidine groups is 1. The van der Waals surface area contributed by atoms with Crippen LogP contribution in [0, 0.1) is 6.92 Å². The zero-order chi connectivity index (χ0) is 18.3. The normalized spacial score (nSPS) is 12.1. The van der Waals surface area contributed by atoms with Crippen LogP contribution in [0.25, 0.3) is 0 Å². The molecule has 25 heavy (non-hydrogen) atoms. The highest BCUT2D eigenvalue weighted by molar-refractivity contribution is 5.79. The molecule has 0 unspecified atom stereocenters. The van der Waals surface area contributed by atoms with E-state index in [1.807, 2.05) is 25.1 Å². The lowest BCUT2D eigenvalue weighted by Gasteiger charge is -2.27. The van der Waals surface area contributed by atoms with Gasteiger partial charge in [0.2, 0.25) is 0 Å². The van der Waals surface area contributed by atoms with Crippen molar-refractivity contribution in [2.24, 2.45) is 4.99 Å². The summed E-state index contributed by atoms with van der Waals surface area (Å²) in [5.74, 6) is 0.793. The molecule has 2 rings (SSSR count). The summed E-state index contributed by atoms with van der Waals surface area (Å²) in [5.41, 5.74) is 4.76. The van der Waals surface area contributed by atoms with E-state index in [4.69, 9.17) is 0 Å². The molecule has 1 aromatic heterocycles. The third kappa shape index (κ3) is 5.59. The Kier molecular flexibility index (Phi) is 6.57. The lowest BCUT2D eigenvalue weighted by molar-refractivity contribution is 0.508. The quantitative estimate of drug-likeness (QED) is 0.625. The molecule has 4 nitrogen and oxygen atoms in total. The van der Waals surface area contributed by atoms with E-state index in [-0.39, 0.29) is 5.41 Å². The van der Waals surface area contributed by atoms with Gasteiger partial charge in [-0.1, -0.05) is 51.1 Å². The largest absolute Gasteiger partial charge is 0.356 e. The van der Waals surface area contributed by atoms with Crippen molar-refractivity contribution in [3.05, 3.63) is 65.0 Å². The molecule has 0 saturated carbocycles. The zero-order valence-corrected chi connectivity index (χ0v) is 16.1. The van der Waals surface area contributed by atoms with Gasteiger partial charge in [-0.05, 0) is 36.6 Å². The number of hydrogen-bond donors (Lipinski definition) is 2. The average molecular weight is 338 g/mol. The lowest BCUT2D eigenvalue weighted by atomic mass is 9.84. The summed E-state index contributed by atoms with van der Waals surface area (Å²) >= 11 is 0. The molecule has 2 aromatic rings. The second kappa shape index (κ2) is 8.65. The number of aryl methyl sites for hydroxylation is 2. The number of pyridine rings is 1. The fourth-order valence-electron chi connectivity index (χ4n) is 2.69. The number of rotatable bonds is 6. The van der Waals surface area contributed by atoms with E-state index in [0.717, 1.165) is 30.3 Å². The number of benzene rings is 1. The van der Waals surface area contributed by atoms with Gasteiger partial charge in [0, 0.05) is 24.7 Å². The van der Waals surface area contributed by atoms with Crippen LogP contribution < -0.4 is 10.6 Å². The number of nitrogens with one attached hydrogen (secondary N) is 2. The van der Waals surface area contributed by atoms with Crippen LogP contribution in [0.1, 0.15) is 43.3 Å². The number of aliphatic imine (C=N–C) groups is 1. The molecule has 4 heteroatoms. The van der Waals surface area contributed by atoms with Crippen LogP contribution in [0.3, 0.4) is 0 Å². The molecule has 0 aliphatic rings. The first-order valence-electron chi connectivity index (χ1n) is 8.91. The molecule has 0 atom stereocenters. The van der Waals surface area contributed by atoms with Crippen LogP contribution in [0.4, 0.5) is 0 Å². The van der Waals surface area contributed by atoms with Crippen molar-refractivity contribution in [3.8, 4) is 0 Å². The van der Waals surface area contributed by atoms with Crippen molar-refractivity contribution in [1.82, 2.24) is 15.6 Å². The zero-order valence-electron chi connectivity index (χ0n) is 16.1. The van der Waals surface area contributed by atoms with Gasteiger partial charge >= 0.3 is 0 Å². The van der Waals surface area contributed by atoms with E-state index in [0.29, 0.717) is 6.54 Å². The monoisotopic (exact) mass is 338 g/mol. The topological polar surface area (TPSA) is 49.3 Å². The van der Waals surface area contributed by atoms with E-state index >= 15 is 0 Å². The van der Waals surface area contributed by atoms with E-state index in [1.54, 1.807) is 7.05 Å². The highest BCUT2D eigenvalue weighted by Crippen LogP contribution is 2.22. The van der Waals surface area contributed by atoms with Gasteiger partial charge in [-0.15, -0.1) is 0 Å². The fraction of sp³-hybridized carbons (Fsp3) is 0.429. The number of aromatic nitrogens is 1. The van der Waals surface area contributed by atoms with Crippen LogP contribution in [0.2, 0.25) is 0 Å². The van der Waals surface area contributed by atoms with E-state index in [9.17, 15) is 0 Å². The van der Waals surface area contributed by atoms with Gasteiger partial charge in [0.15, 0.2) is 5.96 Å². The Balaban J connectivity index is 1.92. The molecule has 0 bridgehead atoms. The van der Waals surface area contributed by atoms with Crippen molar-refractivity contribution in [2.45, 2.75) is 46.1 Å². The van der Waals surface area contributed by atoms with Gasteiger partial charge in [-0.3, -0.25) is 9.98 Å². The fourth-order valence-corrected chi connectivity index (χ4v) is 2.69. The maximum absolute atomic E-state index is 4.51. The van der Waals surface area contributed by atoms with Crippen LogP contribution in [-0.4, -0.2) is 24.5 Å². The first-order chi connectivity index (χ1) is 11.9. The summed E-state index contributed by atoms with van der Waals surface area (Å²) in [6.07, 6.45) is 1.07. The van der Waals surface area contributed by atoms with E-state index < -0.39 is 0 Å². The lowest BCUT2D eigenvalue weighted by Crippen LogP contribution is -2.43. The van der Waals surface area contributed by atoms with Gasteiger partial charge in [0.25, 0.3) is 0 Å². The summed E-state index contributed by atoms with van der Waals surface area (Å²) in [6.45, 7) is 10.1. The maximum atomic E-state index is 4.51. The average Bonchev–Trinajstić information content (AvgIpc) is 2.62. The minimum absolute atomic E-state index is 0.0193. The van der Waals surface area contributed by atoms with Crippen LogP contribution in [0.15, 0.2) is 47.5 Å². The Labute approximate surface area is 151 Å². The summed E-state index contributed by atoms with van der Waals surface area (Å²) in [6, 6.07) is 14.9. The third-order valence-electron chi connectivity index (χ3n) is 4.45. The molecule has 134 valence electrons. The summed E-state index contributed by atoms with van der Waals surface area (Å²) in [7, 11) is 1.79. The molecule has 0 amide bonds. The van der Waals surface area contributed by atoms with Gasteiger partial charge < -0.3 is 10.6 Å². The van der Waals surface area contributed by atoms with Crippen LogP contribution in [-0.2, 0) is 18.4 Å². The molecule has 1 heterocycles. The molecule has 0 saturated heterocycles. The number of hydrogen-bond acceptors (Lipinski definition) is 2. The molecular weight excluding hydrogens is 308 g/mol. The van der Waals surface area contributed by atoms with Gasteiger partial charge in [0.05, 0.1) is 12.2 Å². The Morgan fingerprint density at radius 2 is 1.80 bits per heavy atom. The van der Waals surface area contributed by atoms with E-state index in [1.165, 1.54) is 11.1 Å². The number of nitrogens with zero attached hydrogens (tertiary/aromatic N) is 2. The highest BCUT2D eigenvalue weighted by atomic mass is 15.2. The Bertz CT molecular complexity index is 702. The molecule has 2 N–H and O–H groups in total. The predicted octanol–water partition coefficient (Wildman–Crippen LogP) is 3.60. The minimum Gasteiger partial charge on any atom is -0.356 e. The SMILES string of the molecule is CCc1ccc(C(C)(C)CNC(=NC)NCc2cccc(C)n2)cc1. The Hall–Kier alpha value is -2.36. The van der Waals surface area contributed by atoms with Crippen molar-refractivity contribution in [3.63, 3.8) is 0 Å². The molecule has 1 aromatic carbocycles. The molecular formula is C21H30N4. The summed E-state index contributed by atoms with van der Waals surface area (Å²) in [4.78, 5) is 8.82. The van der Waals surface area contributed by atoms with Gasteiger partial charge in [-0.25, -0.2) is 0 Å². The second-order valence-corrected chi connectivity index (χ2v) is 6.98. The van der Waals surface area contributed by atoms with Crippen molar-refractivity contribution in [1.29, 1.82) is 0 Å². The molecule has 0 radical (unpaired) electrons. The van der Waals surface area contributed by atoms with Crippen molar-refractivity contribution in [2.75, 3.05) is 13.6 Å².